The van der Waals surface area contributed by atoms with Crippen molar-refractivity contribution >= 4 is 17.7 Å². The highest BCUT2D eigenvalue weighted by Crippen LogP contribution is 2.19. The summed E-state index contributed by atoms with van der Waals surface area (Å²) in [5.41, 5.74) is 0.954. The van der Waals surface area contributed by atoms with Gasteiger partial charge in [0.2, 0.25) is 0 Å². The molecule has 0 spiro atoms. The quantitative estimate of drug-likeness (QED) is 0.778. The Labute approximate surface area is 117 Å². The molecule has 100 valence electrons. The lowest BCUT2D eigenvalue weighted by atomic mass is 10.1. The lowest BCUT2D eigenvalue weighted by Gasteiger charge is -2.30. The van der Waals surface area contributed by atoms with Crippen LogP contribution in [0, 0.1) is 11.8 Å². The van der Waals surface area contributed by atoms with E-state index in [1.54, 1.807) is 18.3 Å². The van der Waals surface area contributed by atoms with Crippen LogP contribution < -0.4 is 0 Å². The number of rotatable bonds is 1. The van der Waals surface area contributed by atoms with Gasteiger partial charge in [-0.3, -0.25) is 4.79 Å². The van der Waals surface area contributed by atoms with Crippen molar-refractivity contribution in [2.24, 2.45) is 0 Å². The van der Waals surface area contributed by atoms with Crippen molar-refractivity contribution in [3.8, 4) is 11.8 Å². The van der Waals surface area contributed by atoms with Crippen molar-refractivity contribution in [3.05, 3.63) is 29.6 Å². The van der Waals surface area contributed by atoms with Gasteiger partial charge in [0.25, 0.3) is 5.91 Å². The van der Waals surface area contributed by atoms with Gasteiger partial charge in [0.15, 0.2) is 0 Å². The summed E-state index contributed by atoms with van der Waals surface area (Å²) in [7, 11) is 0. The second-order valence-corrected chi connectivity index (χ2v) is 5.84. The molecule has 0 aliphatic carbocycles. The first-order valence-electron chi connectivity index (χ1n) is 6.18. The Kier molecular flexibility index (Phi) is 4.83. The molecule has 1 aliphatic heterocycles. The molecule has 0 bridgehead atoms. The second-order valence-electron chi connectivity index (χ2n) is 4.29. The van der Waals surface area contributed by atoms with E-state index in [1.165, 1.54) is 0 Å². The Bertz CT molecular complexity index is 522. The van der Waals surface area contributed by atoms with Gasteiger partial charge in [-0.25, -0.2) is 4.98 Å². The summed E-state index contributed by atoms with van der Waals surface area (Å²) in [4.78, 5) is 18.4. The van der Waals surface area contributed by atoms with Crippen LogP contribution in [0.3, 0.4) is 0 Å². The van der Waals surface area contributed by atoms with E-state index in [9.17, 15) is 4.79 Å². The molecule has 2 heterocycles. The number of carbonyl (C=O) groups is 1. The summed E-state index contributed by atoms with van der Waals surface area (Å²) in [6.45, 7) is 3.39. The number of aliphatic hydroxyl groups excluding tert-OH is 1. The number of amides is 1. The Hall–Kier alpha value is -1.51. The Morgan fingerprint density at radius 3 is 3.26 bits per heavy atom. The van der Waals surface area contributed by atoms with Crippen LogP contribution in [-0.2, 0) is 0 Å². The molecule has 1 aromatic rings. The Balaban J connectivity index is 2.23. The number of pyridine rings is 1. The Morgan fingerprint density at radius 1 is 1.68 bits per heavy atom. The average Bonchev–Trinajstić information content (AvgIpc) is 2.44. The lowest BCUT2D eigenvalue weighted by Crippen LogP contribution is -2.41. The summed E-state index contributed by atoms with van der Waals surface area (Å²) in [5, 5.41) is 9.20. The maximum absolute atomic E-state index is 12.5. The smallest absolute Gasteiger partial charge is 0.273 e. The maximum Gasteiger partial charge on any atom is 0.273 e. The molecule has 1 atom stereocenters. The molecule has 4 nitrogen and oxygen atoms in total. The molecule has 5 heteroatoms. The summed E-state index contributed by atoms with van der Waals surface area (Å²) in [6, 6.07) is 3.50. The van der Waals surface area contributed by atoms with Gasteiger partial charge in [0, 0.05) is 30.3 Å². The molecular formula is C14H16N2O2S. The van der Waals surface area contributed by atoms with E-state index in [2.05, 4.69) is 23.7 Å². The van der Waals surface area contributed by atoms with Gasteiger partial charge in [0.1, 0.15) is 12.3 Å². The van der Waals surface area contributed by atoms with Crippen molar-refractivity contribution in [2.45, 2.75) is 12.2 Å². The van der Waals surface area contributed by atoms with Gasteiger partial charge in [-0.05, 0) is 12.1 Å². The zero-order chi connectivity index (χ0) is 13.7. The molecule has 19 heavy (non-hydrogen) atoms. The van der Waals surface area contributed by atoms with Crippen molar-refractivity contribution in [2.75, 3.05) is 25.4 Å². The van der Waals surface area contributed by atoms with E-state index >= 15 is 0 Å². The third-order valence-corrected chi connectivity index (χ3v) is 3.98. The second kappa shape index (κ2) is 6.60. The van der Waals surface area contributed by atoms with Crippen LogP contribution >= 0.6 is 11.8 Å². The average molecular weight is 276 g/mol. The van der Waals surface area contributed by atoms with Crippen LogP contribution in [0.4, 0.5) is 0 Å². The molecule has 1 unspecified atom stereocenters. The number of aliphatic hydroxyl groups is 1. The fourth-order valence-electron chi connectivity index (χ4n) is 1.96. The first-order chi connectivity index (χ1) is 9.22. The van der Waals surface area contributed by atoms with Crippen LogP contribution in [0.1, 0.15) is 23.0 Å². The third-order valence-electron chi connectivity index (χ3n) is 2.84. The van der Waals surface area contributed by atoms with E-state index in [0.29, 0.717) is 16.5 Å². The molecule has 1 aliphatic rings. The topological polar surface area (TPSA) is 53.4 Å². The van der Waals surface area contributed by atoms with E-state index in [-0.39, 0.29) is 12.5 Å². The van der Waals surface area contributed by atoms with Crippen LogP contribution in [0.25, 0.3) is 0 Å². The standard InChI is InChI=1S/C14H16N2O2S/c1-11-10-16(7-9-19-11)14(18)13-12(5-3-8-17)4-2-6-15-13/h2,4,6,11,17H,7-10H2,1H3. The molecule has 1 aromatic heterocycles. The number of carbonyl (C=O) groups excluding carboxylic acids is 1. The molecule has 1 fully saturated rings. The fourth-order valence-corrected chi connectivity index (χ4v) is 2.98. The van der Waals surface area contributed by atoms with Crippen LogP contribution in [0.15, 0.2) is 18.3 Å². The predicted molar refractivity (Wildman–Crippen MR) is 76.0 cm³/mol. The van der Waals surface area contributed by atoms with E-state index in [1.807, 2.05) is 16.7 Å². The number of thioether (sulfide) groups is 1. The normalized spacial score (nSPS) is 18.6. The SMILES string of the molecule is CC1CN(C(=O)c2ncccc2C#CCO)CCS1. The van der Waals surface area contributed by atoms with E-state index in [0.717, 1.165) is 18.8 Å². The highest BCUT2D eigenvalue weighted by molar-refractivity contribution is 7.99. The van der Waals surface area contributed by atoms with Gasteiger partial charge in [0.05, 0.1) is 5.56 Å². The third kappa shape index (κ3) is 3.49. The largest absolute Gasteiger partial charge is 0.384 e. The molecule has 1 saturated heterocycles. The van der Waals surface area contributed by atoms with Crippen LogP contribution in [0.2, 0.25) is 0 Å². The van der Waals surface area contributed by atoms with Crippen molar-refractivity contribution in [1.29, 1.82) is 0 Å². The number of aromatic nitrogens is 1. The summed E-state index contributed by atoms with van der Waals surface area (Å²) >= 11 is 1.88. The molecule has 0 radical (unpaired) electrons. The van der Waals surface area contributed by atoms with Crippen molar-refractivity contribution in [1.82, 2.24) is 9.88 Å². The number of hydrogen-bond donors (Lipinski definition) is 1. The molecule has 0 aromatic carbocycles. The summed E-state index contributed by atoms with van der Waals surface area (Å²) < 4.78 is 0. The molecule has 2 rings (SSSR count). The van der Waals surface area contributed by atoms with E-state index in [4.69, 9.17) is 5.11 Å². The highest BCUT2D eigenvalue weighted by Gasteiger charge is 2.24. The van der Waals surface area contributed by atoms with Gasteiger partial charge >= 0.3 is 0 Å². The highest BCUT2D eigenvalue weighted by atomic mass is 32.2. The first-order valence-corrected chi connectivity index (χ1v) is 7.23. The minimum atomic E-state index is -0.222. The molecule has 1 N–H and O–H groups in total. The monoisotopic (exact) mass is 276 g/mol. The zero-order valence-corrected chi connectivity index (χ0v) is 11.6. The lowest BCUT2D eigenvalue weighted by molar-refractivity contribution is 0.0757. The summed E-state index contributed by atoms with van der Waals surface area (Å²) in [5.74, 6) is 6.22. The Morgan fingerprint density at radius 2 is 2.53 bits per heavy atom. The minimum Gasteiger partial charge on any atom is -0.384 e. The minimum absolute atomic E-state index is 0.0741. The number of hydrogen-bond acceptors (Lipinski definition) is 4. The van der Waals surface area contributed by atoms with E-state index < -0.39 is 0 Å². The zero-order valence-electron chi connectivity index (χ0n) is 10.8. The molecule has 1 amide bonds. The maximum atomic E-state index is 12.5. The van der Waals surface area contributed by atoms with Crippen molar-refractivity contribution < 1.29 is 9.90 Å². The van der Waals surface area contributed by atoms with Crippen LogP contribution in [0.5, 0.6) is 0 Å². The predicted octanol–water partition coefficient (Wildman–Crippen LogP) is 1.00. The van der Waals surface area contributed by atoms with Gasteiger partial charge in [-0.1, -0.05) is 18.8 Å². The number of nitrogens with zero attached hydrogens (tertiary/aromatic N) is 2. The molecule has 0 saturated carbocycles. The van der Waals surface area contributed by atoms with Crippen LogP contribution in [-0.4, -0.2) is 51.6 Å². The van der Waals surface area contributed by atoms with Gasteiger partial charge in [-0.15, -0.1) is 0 Å². The first kappa shape index (κ1) is 13.9. The molecular weight excluding hydrogens is 260 g/mol. The van der Waals surface area contributed by atoms with Gasteiger partial charge in [-0.2, -0.15) is 11.8 Å². The summed E-state index contributed by atoms with van der Waals surface area (Å²) in [6.07, 6.45) is 1.60. The van der Waals surface area contributed by atoms with Crippen molar-refractivity contribution in [3.63, 3.8) is 0 Å². The van der Waals surface area contributed by atoms with Gasteiger partial charge < -0.3 is 10.0 Å². The fraction of sp³-hybridized carbons (Fsp3) is 0.429.